The summed E-state index contributed by atoms with van der Waals surface area (Å²) in [6, 6.07) is 8.51. The van der Waals surface area contributed by atoms with E-state index in [-0.39, 0.29) is 10.6 Å². The maximum atomic E-state index is 13.1. The zero-order valence-electron chi connectivity index (χ0n) is 16.5. The molecule has 1 fully saturated rings. The number of aromatic nitrogens is 2. The van der Waals surface area contributed by atoms with Gasteiger partial charge in [0.05, 0.1) is 14.2 Å². The molecule has 2 heterocycles. The molecule has 0 aliphatic carbocycles. The van der Waals surface area contributed by atoms with Gasteiger partial charge in [0.1, 0.15) is 16.4 Å². The number of anilines is 2. The fourth-order valence-corrected chi connectivity index (χ4v) is 4.57. The molecule has 2 aromatic rings. The van der Waals surface area contributed by atoms with E-state index in [1.165, 1.54) is 24.6 Å². The Morgan fingerprint density at radius 3 is 2.21 bits per heavy atom. The van der Waals surface area contributed by atoms with Gasteiger partial charge in [0.2, 0.25) is 10.0 Å². The summed E-state index contributed by atoms with van der Waals surface area (Å²) < 4.78 is 38.0. The molecule has 10 heteroatoms. The van der Waals surface area contributed by atoms with Crippen LogP contribution in [0.1, 0.15) is 0 Å². The average molecular weight is 407 g/mol. The minimum absolute atomic E-state index is 0.138. The minimum atomic E-state index is -3.67. The van der Waals surface area contributed by atoms with E-state index in [2.05, 4.69) is 10.2 Å². The van der Waals surface area contributed by atoms with Gasteiger partial charge in [0.15, 0.2) is 11.6 Å². The van der Waals surface area contributed by atoms with Crippen molar-refractivity contribution in [2.24, 2.45) is 0 Å². The van der Waals surface area contributed by atoms with Gasteiger partial charge in [-0.3, -0.25) is 0 Å². The molecule has 1 aromatic carbocycles. The molecule has 0 atom stereocenters. The quantitative estimate of drug-likeness (QED) is 0.703. The van der Waals surface area contributed by atoms with Crippen LogP contribution < -0.4 is 19.3 Å². The van der Waals surface area contributed by atoms with Crippen molar-refractivity contribution in [1.82, 2.24) is 14.5 Å². The molecule has 3 rings (SSSR count). The van der Waals surface area contributed by atoms with Gasteiger partial charge in [0.25, 0.3) is 0 Å². The van der Waals surface area contributed by atoms with Crippen LogP contribution in [0.4, 0.5) is 11.6 Å². The van der Waals surface area contributed by atoms with Crippen molar-refractivity contribution in [2.75, 3.05) is 64.3 Å². The SMILES string of the molecule is COc1ccc(S(=O)(=O)N2CCN(c3ccc(N(C)C)nn3)CC2)c(OC)c1. The molecule has 0 amide bonds. The van der Waals surface area contributed by atoms with Crippen LogP contribution in [0.2, 0.25) is 0 Å². The van der Waals surface area contributed by atoms with E-state index in [1.54, 1.807) is 12.1 Å². The summed E-state index contributed by atoms with van der Waals surface area (Å²) in [6.07, 6.45) is 0. The number of piperazine rings is 1. The molecule has 0 radical (unpaired) electrons. The number of nitrogens with zero attached hydrogens (tertiary/aromatic N) is 5. The first-order chi connectivity index (χ1) is 13.4. The Labute approximate surface area is 165 Å². The van der Waals surface area contributed by atoms with Crippen LogP contribution in [-0.2, 0) is 10.0 Å². The van der Waals surface area contributed by atoms with Gasteiger partial charge in [-0.15, -0.1) is 10.2 Å². The normalized spacial score (nSPS) is 15.4. The summed E-state index contributed by atoms with van der Waals surface area (Å²) in [5.74, 6) is 2.33. The number of rotatable bonds is 6. The molecule has 152 valence electrons. The molecule has 1 aromatic heterocycles. The summed E-state index contributed by atoms with van der Waals surface area (Å²) in [6.45, 7) is 1.78. The molecule has 28 heavy (non-hydrogen) atoms. The number of methoxy groups -OCH3 is 2. The van der Waals surface area contributed by atoms with Gasteiger partial charge in [-0.05, 0) is 24.3 Å². The minimum Gasteiger partial charge on any atom is -0.497 e. The maximum absolute atomic E-state index is 13.1. The number of benzene rings is 1. The molecule has 1 aliphatic heterocycles. The standard InChI is InChI=1S/C18H25N5O4S/c1-21(2)17-7-8-18(20-19-17)22-9-11-23(12-10-22)28(24,25)16-6-5-14(26-3)13-15(16)27-4/h5-8,13H,9-12H2,1-4H3. The highest BCUT2D eigenvalue weighted by atomic mass is 32.2. The third kappa shape index (κ3) is 3.97. The maximum Gasteiger partial charge on any atom is 0.246 e. The van der Waals surface area contributed by atoms with Crippen molar-refractivity contribution in [2.45, 2.75) is 4.90 Å². The van der Waals surface area contributed by atoms with Crippen molar-refractivity contribution >= 4 is 21.7 Å². The zero-order valence-corrected chi connectivity index (χ0v) is 17.3. The zero-order chi connectivity index (χ0) is 20.3. The fraction of sp³-hybridized carbons (Fsp3) is 0.444. The van der Waals surface area contributed by atoms with E-state index in [0.717, 1.165) is 11.6 Å². The second kappa shape index (κ2) is 8.19. The lowest BCUT2D eigenvalue weighted by Gasteiger charge is -2.34. The Balaban J connectivity index is 1.73. The molecule has 0 unspecified atom stereocenters. The Bertz CT molecular complexity index is 910. The van der Waals surface area contributed by atoms with Gasteiger partial charge >= 0.3 is 0 Å². The molecule has 0 bridgehead atoms. The molecule has 1 aliphatic rings. The van der Waals surface area contributed by atoms with E-state index in [9.17, 15) is 8.42 Å². The lowest BCUT2D eigenvalue weighted by molar-refractivity contribution is 0.369. The van der Waals surface area contributed by atoms with Gasteiger partial charge in [-0.25, -0.2) is 8.42 Å². The number of sulfonamides is 1. The van der Waals surface area contributed by atoms with Crippen molar-refractivity contribution in [3.05, 3.63) is 30.3 Å². The first-order valence-electron chi connectivity index (χ1n) is 8.85. The van der Waals surface area contributed by atoms with Crippen LogP contribution in [0.15, 0.2) is 35.2 Å². The highest BCUT2D eigenvalue weighted by Crippen LogP contribution is 2.31. The van der Waals surface area contributed by atoms with E-state index in [0.29, 0.717) is 31.9 Å². The first-order valence-corrected chi connectivity index (χ1v) is 10.3. The largest absolute Gasteiger partial charge is 0.497 e. The monoisotopic (exact) mass is 407 g/mol. The van der Waals surface area contributed by atoms with Crippen molar-refractivity contribution in [1.29, 1.82) is 0 Å². The second-order valence-corrected chi connectivity index (χ2v) is 8.46. The lowest BCUT2D eigenvalue weighted by Crippen LogP contribution is -2.49. The molecule has 0 N–H and O–H groups in total. The highest BCUT2D eigenvalue weighted by Gasteiger charge is 2.31. The summed E-state index contributed by atoms with van der Waals surface area (Å²) in [4.78, 5) is 4.05. The van der Waals surface area contributed by atoms with Crippen molar-refractivity contribution in [3.63, 3.8) is 0 Å². The van der Waals surface area contributed by atoms with E-state index in [1.807, 2.05) is 36.0 Å². The molecule has 9 nitrogen and oxygen atoms in total. The average Bonchev–Trinajstić information content (AvgIpc) is 2.73. The Hall–Kier alpha value is -2.59. The third-order valence-corrected chi connectivity index (χ3v) is 6.58. The van der Waals surface area contributed by atoms with E-state index in [4.69, 9.17) is 9.47 Å². The van der Waals surface area contributed by atoms with Crippen LogP contribution in [-0.4, -0.2) is 77.4 Å². The van der Waals surface area contributed by atoms with Gasteiger partial charge in [0, 0.05) is 46.3 Å². The third-order valence-electron chi connectivity index (χ3n) is 4.65. The summed E-state index contributed by atoms with van der Waals surface area (Å²) in [5, 5.41) is 8.43. The second-order valence-electron chi connectivity index (χ2n) is 6.55. The summed E-state index contributed by atoms with van der Waals surface area (Å²) in [5.41, 5.74) is 0. The van der Waals surface area contributed by atoms with Crippen LogP contribution in [0.5, 0.6) is 11.5 Å². The smallest absolute Gasteiger partial charge is 0.246 e. The first kappa shape index (κ1) is 20.2. The van der Waals surface area contributed by atoms with Crippen LogP contribution in [0, 0.1) is 0 Å². The fourth-order valence-electron chi connectivity index (χ4n) is 3.01. The predicted molar refractivity (Wildman–Crippen MR) is 107 cm³/mol. The van der Waals surface area contributed by atoms with Gasteiger partial charge in [-0.2, -0.15) is 4.31 Å². The topological polar surface area (TPSA) is 88.1 Å². The predicted octanol–water partition coefficient (Wildman–Crippen LogP) is 1.07. The molecule has 1 saturated heterocycles. The number of hydrogen-bond donors (Lipinski definition) is 0. The molecular formula is C18H25N5O4S. The van der Waals surface area contributed by atoms with E-state index >= 15 is 0 Å². The van der Waals surface area contributed by atoms with Crippen LogP contribution in [0.25, 0.3) is 0 Å². The van der Waals surface area contributed by atoms with Gasteiger partial charge < -0.3 is 19.3 Å². The Kier molecular flexibility index (Phi) is 5.90. The highest BCUT2D eigenvalue weighted by molar-refractivity contribution is 7.89. The molecule has 0 saturated carbocycles. The Morgan fingerprint density at radius 1 is 0.964 bits per heavy atom. The molecular weight excluding hydrogens is 382 g/mol. The summed E-state index contributed by atoms with van der Waals surface area (Å²) >= 11 is 0. The van der Waals surface area contributed by atoms with Crippen LogP contribution >= 0.6 is 0 Å². The Morgan fingerprint density at radius 2 is 1.68 bits per heavy atom. The molecule has 0 spiro atoms. The van der Waals surface area contributed by atoms with Crippen molar-refractivity contribution in [3.8, 4) is 11.5 Å². The van der Waals surface area contributed by atoms with E-state index < -0.39 is 10.0 Å². The van der Waals surface area contributed by atoms with Crippen LogP contribution in [0.3, 0.4) is 0 Å². The number of ether oxygens (including phenoxy) is 2. The van der Waals surface area contributed by atoms with Gasteiger partial charge in [-0.1, -0.05) is 0 Å². The van der Waals surface area contributed by atoms with Crippen molar-refractivity contribution < 1.29 is 17.9 Å². The number of hydrogen-bond acceptors (Lipinski definition) is 8. The summed E-state index contributed by atoms with van der Waals surface area (Å²) in [7, 11) is 3.11. The lowest BCUT2D eigenvalue weighted by atomic mass is 10.3.